The van der Waals surface area contributed by atoms with Gasteiger partial charge in [0.15, 0.2) is 5.82 Å². The van der Waals surface area contributed by atoms with Gasteiger partial charge in [-0.3, -0.25) is 4.98 Å². The van der Waals surface area contributed by atoms with E-state index in [9.17, 15) is 5.11 Å². The number of aromatic nitrogens is 3. The highest BCUT2D eigenvalue weighted by molar-refractivity contribution is 6.31. The van der Waals surface area contributed by atoms with Gasteiger partial charge < -0.3 is 19.9 Å². The zero-order valence-corrected chi connectivity index (χ0v) is 19.7. The van der Waals surface area contributed by atoms with Crippen molar-refractivity contribution in [3.63, 3.8) is 0 Å². The first-order valence-electron chi connectivity index (χ1n) is 11.2. The number of halogens is 1. The highest BCUT2D eigenvalue weighted by Gasteiger charge is 2.21. The maximum atomic E-state index is 9.97. The van der Waals surface area contributed by atoms with E-state index in [2.05, 4.69) is 17.2 Å². The summed E-state index contributed by atoms with van der Waals surface area (Å²) in [4.78, 5) is 14.0. The topological polar surface area (TPSA) is 89.4 Å². The van der Waals surface area contributed by atoms with Gasteiger partial charge in [-0.2, -0.15) is 0 Å². The lowest BCUT2D eigenvalue weighted by molar-refractivity contribution is 0.108. The molecule has 0 radical (unpaired) electrons. The molecule has 33 heavy (non-hydrogen) atoms. The summed E-state index contributed by atoms with van der Waals surface area (Å²) in [5.41, 5.74) is 4.70. The maximum absolute atomic E-state index is 9.97. The lowest BCUT2D eigenvalue weighted by Gasteiger charge is -2.16. The largest absolute Gasteiger partial charge is 0.491 e. The van der Waals surface area contributed by atoms with Crippen molar-refractivity contribution in [1.29, 1.82) is 0 Å². The van der Waals surface area contributed by atoms with Crippen LogP contribution in [0.5, 0.6) is 5.75 Å². The van der Waals surface area contributed by atoms with Crippen molar-refractivity contribution >= 4 is 11.6 Å². The quantitative estimate of drug-likeness (QED) is 0.494. The average molecular weight is 469 g/mol. The van der Waals surface area contributed by atoms with Crippen LogP contribution in [0.3, 0.4) is 0 Å². The molecule has 3 heterocycles. The van der Waals surface area contributed by atoms with E-state index in [1.165, 1.54) is 0 Å². The van der Waals surface area contributed by atoms with Crippen molar-refractivity contribution in [1.82, 2.24) is 20.3 Å². The molecule has 2 atom stereocenters. The molecule has 174 valence electrons. The fraction of sp³-hybridized carbons (Fsp3) is 0.400. The number of aliphatic hydroxyl groups excluding tert-OH is 1. The average Bonchev–Trinajstić information content (AvgIpc) is 3.33. The predicted molar refractivity (Wildman–Crippen MR) is 129 cm³/mol. The number of pyridine rings is 1. The lowest BCUT2D eigenvalue weighted by atomic mass is 9.97. The van der Waals surface area contributed by atoms with E-state index in [1.54, 1.807) is 25.5 Å². The molecule has 1 aliphatic rings. The second kappa shape index (κ2) is 11.0. The van der Waals surface area contributed by atoms with E-state index in [-0.39, 0.29) is 6.61 Å². The van der Waals surface area contributed by atoms with Gasteiger partial charge >= 0.3 is 0 Å². The Kier molecular flexibility index (Phi) is 7.88. The molecule has 2 N–H and O–H groups in total. The predicted octanol–water partition coefficient (Wildman–Crippen LogP) is 3.71. The number of ether oxygens (including phenoxy) is 2. The zero-order chi connectivity index (χ0) is 23.2. The third kappa shape index (κ3) is 6.06. The number of rotatable bonds is 9. The molecule has 3 aromatic rings. The molecule has 7 nitrogen and oxygen atoms in total. The van der Waals surface area contributed by atoms with Gasteiger partial charge in [0.05, 0.1) is 5.69 Å². The molecule has 0 bridgehead atoms. The van der Waals surface area contributed by atoms with Gasteiger partial charge in [0.2, 0.25) is 0 Å². The zero-order valence-electron chi connectivity index (χ0n) is 18.9. The molecule has 0 spiro atoms. The van der Waals surface area contributed by atoms with Crippen LogP contribution in [0.4, 0.5) is 0 Å². The summed E-state index contributed by atoms with van der Waals surface area (Å²) in [6, 6.07) is 9.34. The van der Waals surface area contributed by atoms with Crippen molar-refractivity contribution < 1.29 is 14.6 Å². The molecular weight excluding hydrogens is 440 g/mol. The smallest absolute Gasteiger partial charge is 0.160 e. The maximum Gasteiger partial charge on any atom is 0.160 e. The first-order chi connectivity index (χ1) is 16.0. The van der Waals surface area contributed by atoms with Gasteiger partial charge in [0, 0.05) is 54.0 Å². The molecule has 1 fully saturated rings. The Labute approximate surface area is 199 Å². The van der Waals surface area contributed by atoms with E-state index in [1.807, 2.05) is 24.3 Å². The van der Waals surface area contributed by atoms with Crippen LogP contribution in [0.2, 0.25) is 5.02 Å². The van der Waals surface area contributed by atoms with Gasteiger partial charge in [-0.1, -0.05) is 11.6 Å². The third-order valence-electron chi connectivity index (χ3n) is 5.72. The van der Waals surface area contributed by atoms with Crippen molar-refractivity contribution in [2.24, 2.45) is 5.92 Å². The summed E-state index contributed by atoms with van der Waals surface area (Å²) in [5, 5.41) is 13.4. The fourth-order valence-electron chi connectivity index (χ4n) is 3.96. The highest BCUT2D eigenvalue weighted by Crippen LogP contribution is 2.32. The SMILES string of the molecule is CNCC(O)COc1cc(Cl)cc(-c2nc(C[C@H]3CCOC3)c(C)c(-c3ccncc3)n2)c1. The van der Waals surface area contributed by atoms with Crippen LogP contribution in [0, 0.1) is 12.8 Å². The summed E-state index contributed by atoms with van der Waals surface area (Å²) in [6.07, 6.45) is 4.78. The molecule has 0 aliphatic carbocycles. The number of benzene rings is 1. The van der Waals surface area contributed by atoms with Gasteiger partial charge in [-0.15, -0.1) is 0 Å². The molecule has 4 rings (SSSR count). The van der Waals surface area contributed by atoms with Crippen molar-refractivity contribution in [3.8, 4) is 28.4 Å². The molecule has 1 aliphatic heterocycles. The first-order valence-corrected chi connectivity index (χ1v) is 11.5. The Morgan fingerprint density at radius 1 is 1.21 bits per heavy atom. The van der Waals surface area contributed by atoms with E-state index < -0.39 is 6.10 Å². The molecule has 2 aromatic heterocycles. The monoisotopic (exact) mass is 468 g/mol. The minimum absolute atomic E-state index is 0.157. The molecule has 1 aromatic carbocycles. The molecule has 1 unspecified atom stereocenters. The van der Waals surface area contributed by atoms with Crippen LogP contribution in [-0.2, 0) is 11.2 Å². The van der Waals surface area contributed by atoms with E-state index in [0.717, 1.165) is 54.1 Å². The van der Waals surface area contributed by atoms with E-state index >= 15 is 0 Å². The summed E-state index contributed by atoms with van der Waals surface area (Å²) >= 11 is 6.41. The Balaban J connectivity index is 1.71. The summed E-state index contributed by atoms with van der Waals surface area (Å²) in [6.45, 7) is 4.23. The van der Waals surface area contributed by atoms with Crippen molar-refractivity contribution in [2.75, 3.05) is 33.4 Å². The Bertz CT molecular complexity index is 1070. The number of hydrogen-bond acceptors (Lipinski definition) is 7. The lowest BCUT2D eigenvalue weighted by Crippen LogP contribution is -2.29. The van der Waals surface area contributed by atoms with Gasteiger partial charge in [0.1, 0.15) is 18.5 Å². The van der Waals surface area contributed by atoms with E-state index in [4.69, 9.17) is 31.0 Å². The molecule has 0 saturated carbocycles. The third-order valence-corrected chi connectivity index (χ3v) is 5.94. The number of aliphatic hydroxyl groups is 1. The normalized spacial score (nSPS) is 16.7. The van der Waals surface area contributed by atoms with Crippen LogP contribution in [0.25, 0.3) is 22.6 Å². The molecule has 1 saturated heterocycles. The standard InChI is InChI=1S/C25H29ClN4O3/c1-16-23(9-17-5-8-32-14-17)29-25(30-24(16)18-3-6-28-7-4-18)19-10-20(26)12-22(11-19)33-15-21(31)13-27-2/h3-4,6-7,10-12,17,21,27,31H,5,8-9,13-15H2,1-2H3/t17-,21?/m1/s1. The number of nitrogens with zero attached hydrogens (tertiary/aromatic N) is 3. The summed E-state index contributed by atoms with van der Waals surface area (Å²) in [5.74, 6) is 1.60. The number of hydrogen-bond donors (Lipinski definition) is 2. The Morgan fingerprint density at radius 3 is 2.76 bits per heavy atom. The number of nitrogens with one attached hydrogen (secondary N) is 1. The van der Waals surface area contributed by atoms with Crippen LogP contribution < -0.4 is 10.1 Å². The Morgan fingerprint density at radius 2 is 2.03 bits per heavy atom. The van der Waals surface area contributed by atoms with Gasteiger partial charge in [-0.05, 0) is 68.6 Å². The summed E-state index contributed by atoms with van der Waals surface area (Å²) in [7, 11) is 1.78. The summed E-state index contributed by atoms with van der Waals surface area (Å²) < 4.78 is 11.4. The van der Waals surface area contributed by atoms with Crippen LogP contribution in [0.15, 0.2) is 42.7 Å². The molecule has 0 amide bonds. The second-order valence-electron chi connectivity index (χ2n) is 8.34. The number of likely N-dealkylation sites (N-methyl/N-ethyl adjacent to an activating group) is 1. The molecular formula is C25H29ClN4O3. The van der Waals surface area contributed by atoms with Crippen LogP contribution in [0.1, 0.15) is 17.7 Å². The van der Waals surface area contributed by atoms with Crippen molar-refractivity contribution in [2.45, 2.75) is 25.9 Å². The minimum Gasteiger partial charge on any atom is -0.491 e. The first kappa shape index (κ1) is 23.6. The second-order valence-corrected chi connectivity index (χ2v) is 8.77. The minimum atomic E-state index is -0.619. The van der Waals surface area contributed by atoms with Crippen molar-refractivity contribution in [3.05, 3.63) is 59.0 Å². The highest BCUT2D eigenvalue weighted by atomic mass is 35.5. The van der Waals surface area contributed by atoms with Crippen LogP contribution >= 0.6 is 11.6 Å². The fourth-order valence-corrected chi connectivity index (χ4v) is 4.19. The Hall–Kier alpha value is -2.58. The molecule has 8 heteroatoms. The van der Waals surface area contributed by atoms with Crippen LogP contribution in [-0.4, -0.2) is 59.6 Å². The van der Waals surface area contributed by atoms with Gasteiger partial charge in [0.25, 0.3) is 0 Å². The van der Waals surface area contributed by atoms with E-state index in [0.29, 0.717) is 29.1 Å². The van der Waals surface area contributed by atoms with Gasteiger partial charge in [-0.25, -0.2) is 9.97 Å².